The van der Waals surface area contributed by atoms with Gasteiger partial charge in [-0.1, -0.05) is 12.1 Å². The molecule has 0 unspecified atom stereocenters. The van der Waals surface area contributed by atoms with Gasteiger partial charge in [0.2, 0.25) is 0 Å². The Morgan fingerprint density at radius 3 is 2.48 bits per heavy atom. The number of hydrogen-bond donors (Lipinski definition) is 1. The maximum atomic E-state index is 12.5. The number of hydrogen-bond acceptors (Lipinski definition) is 5. The molecule has 0 aliphatic heterocycles. The number of alkyl halides is 3. The van der Waals surface area contributed by atoms with Crippen LogP contribution in [0.2, 0.25) is 0 Å². The molecular formula is C20H17F3N2O3S. The smallest absolute Gasteiger partial charge is 0.416 e. The lowest BCUT2D eigenvalue weighted by Crippen LogP contribution is -2.21. The van der Waals surface area contributed by atoms with E-state index in [1.165, 1.54) is 0 Å². The average Bonchev–Trinajstić information content (AvgIpc) is 3.09. The molecule has 0 radical (unpaired) electrons. The van der Waals surface area contributed by atoms with Gasteiger partial charge in [-0.15, -0.1) is 11.3 Å². The van der Waals surface area contributed by atoms with E-state index in [0.29, 0.717) is 12.8 Å². The monoisotopic (exact) mass is 422 g/mol. The van der Waals surface area contributed by atoms with Gasteiger partial charge in [0.05, 0.1) is 20.8 Å². The van der Waals surface area contributed by atoms with E-state index in [1.54, 1.807) is 11.3 Å². The summed E-state index contributed by atoms with van der Waals surface area (Å²) in [6.45, 7) is -0.499. The highest BCUT2D eigenvalue weighted by atomic mass is 32.1. The zero-order valence-electron chi connectivity index (χ0n) is 15.2. The van der Waals surface area contributed by atoms with E-state index >= 15 is 0 Å². The molecule has 0 saturated heterocycles. The van der Waals surface area contributed by atoms with E-state index in [1.807, 2.05) is 24.3 Å². The maximum Gasteiger partial charge on any atom is 0.416 e. The van der Waals surface area contributed by atoms with Crippen molar-refractivity contribution in [3.05, 3.63) is 59.1 Å². The van der Waals surface area contributed by atoms with Crippen LogP contribution in [0, 0.1) is 0 Å². The molecule has 0 bridgehead atoms. The second-order valence-corrected chi connectivity index (χ2v) is 7.33. The fourth-order valence-corrected chi connectivity index (χ4v) is 3.58. The fourth-order valence-electron chi connectivity index (χ4n) is 2.57. The first-order chi connectivity index (χ1) is 13.8. The first-order valence-corrected chi connectivity index (χ1v) is 9.60. The van der Waals surface area contributed by atoms with Crippen LogP contribution in [-0.2, 0) is 26.9 Å². The number of fused-ring (bicyclic) bond motifs is 1. The Hall–Kier alpha value is -2.94. The van der Waals surface area contributed by atoms with E-state index in [9.17, 15) is 22.8 Å². The van der Waals surface area contributed by atoms with Crippen LogP contribution in [-0.4, -0.2) is 23.5 Å². The zero-order chi connectivity index (χ0) is 20.9. The third-order valence-corrected chi connectivity index (χ3v) is 5.07. The minimum Gasteiger partial charge on any atom is -0.456 e. The first kappa shape index (κ1) is 20.8. The summed E-state index contributed by atoms with van der Waals surface area (Å²) in [5.74, 6) is -1.14. The normalized spacial score (nSPS) is 11.4. The number of nitrogens with zero attached hydrogens (tertiary/aromatic N) is 1. The van der Waals surface area contributed by atoms with Gasteiger partial charge in [0.25, 0.3) is 5.91 Å². The number of amides is 1. The van der Waals surface area contributed by atoms with Gasteiger partial charge in [-0.2, -0.15) is 13.2 Å². The molecule has 1 amide bonds. The number of nitrogens with one attached hydrogen (secondary N) is 1. The number of anilines is 1. The van der Waals surface area contributed by atoms with Crippen molar-refractivity contribution in [2.75, 3.05) is 11.9 Å². The first-order valence-electron chi connectivity index (χ1n) is 8.78. The molecule has 9 heteroatoms. The minimum absolute atomic E-state index is 0.142. The highest BCUT2D eigenvalue weighted by molar-refractivity contribution is 7.18. The molecule has 1 aromatic heterocycles. The van der Waals surface area contributed by atoms with E-state index in [0.717, 1.165) is 39.5 Å². The van der Waals surface area contributed by atoms with Crippen molar-refractivity contribution in [1.29, 1.82) is 0 Å². The molecule has 0 aliphatic carbocycles. The third kappa shape index (κ3) is 6.02. The fraction of sp³-hybridized carbons (Fsp3) is 0.250. The van der Waals surface area contributed by atoms with E-state index in [4.69, 9.17) is 4.74 Å². The molecule has 0 spiro atoms. The highest BCUT2D eigenvalue weighted by Crippen LogP contribution is 2.29. The van der Waals surface area contributed by atoms with Crippen LogP contribution in [0.3, 0.4) is 0 Å². The van der Waals surface area contributed by atoms with E-state index in [2.05, 4.69) is 10.3 Å². The van der Waals surface area contributed by atoms with Gasteiger partial charge >= 0.3 is 12.1 Å². The van der Waals surface area contributed by atoms with Crippen molar-refractivity contribution in [2.24, 2.45) is 0 Å². The summed E-state index contributed by atoms with van der Waals surface area (Å²) in [4.78, 5) is 28.0. The van der Waals surface area contributed by atoms with E-state index in [-0.39, 0.29) is 12.1 Å². The Labute approximate surface area is 168 Å². The molecule has 0 aliphatic rings. The molecule has 1 N–H and O–H groups in total. The number of halogens is 3. The van der Waals surface area contributed by atoms with Crippen molar-refractivity contribution in [3.63, 3.8) is 0 Å². The number of thiazole rings is 1. The standard InChI is InChI=1S/C20H17F3N2O3S/c21-20(22,23)13-8-10-14(11-9-13)24-17(26)12-28-19(27)7-3-6-18-25-15-4-1-2-5-16(15)29-18/h1-2,4-5,8-11H,3,6-7,12H2,(H,24,26). The lowest BCUT2D eigenvalue weighted by atomic mass is 10.2. The Morgan fingerprint density at radius 1 is 1.07 bits per heavy atom. The molecule has 0 atom stereocenters. The molecule has 0 fully saturated rings. The molecule has 2 aromatic carbocycles. The van der Waals surface area contributed by atoms with Crippen molar-refractivity contribution < 1.29 is 27.5 Å². The van der Waals surface area contributed by atoms with Crippen LogP contribution < -0.4 is 5.32 Å². The second kappa shape index (κ2) is 9.04. The Bertz CT molecular complexity index is 967. The summed E-state index contributed by atoms with van der Waals surface area (Å²) in [6, 6.07) is 11.8. The molecule has 5 nitrogen and oxygen atoms in total. The van der Waals surface area contributed by atoms with Crippen molar-refractivity contribution in [2.45, 2.75) is 25.4 Å². The lowest BCUT2D eigenvalue weighted by molar-refractivity contribution is -0.147. The van der Waals surface area contributed by atoms with Crippen LogP contribution in [0.5, 0.6) is 0 Å². The largest absolute Gasteiger partial charge is 0.456 e. The summed E-state index contributed by atoms with van der Waals surface area (Å²) >= 11 is 1.57. The molecule has 3 aromatic rings. The van der Waals surface area contributed by atoms with Gasteiger partial charge in [0.1, 0.15) is 0 Å². The van der Waals surface area contributed by atoms with Crippen molar-refractivity contribution in [3.8, 4) is 0 Å². The topological polar surface area (TPSA) is 68.3 Å². The van der Waals surface area contributed by atoms with Gasteiger partial charge < -0.3 is 10.1 Å². The van der Waals surface area contributed by atoms with Crippen LogP contribution in [0.15, 0.2) is 48.5 Å². The van der Waals surface area contributed by atoms with Gasteiger partial charge in [-0.25, -0.2) is 4.98 Å². The number of carbonyl (C=O) groups excluding carboxylic acids is 2. The molecule has 1 heterocycles. The summed E-state index contributed by atoms with van der Waals surface area (Å²) in [5.41, 5.74) is 0.306. The van der Waals surface area contributed by atoms with Gasteiger partial charge in [-0.3, -0.25) is 9.59 Å². The SMILES string of the molecule is O=C(COC(=O)CCCc1nc2ccccc2s1)Nc1ccc(C(F)(F)F)cc1. The lowest BCUT2D eigenvalue weighted by Gasteiger charge is -2.09. The molecule has 152 valence electrons. The zero-order valence-corrected chi connectivity index (χ0v) is 16.0. The van der Waals surface area contributed by atoms with Gasteiger partial charge in [-0.05, 0) is 49.2 Å². The second-order valence-electron chi connectivity index (χ2n) is 6.21. The summed E-state index contributed by atoms with van der Waals surface area (Å²) in [7, 11) is 0. The van der Waals surface area contributed by atoms with Crippen LogP contribution >= 0.6 is 11.3 Å². The van der Waals surface area contributed by atoms with Gasteiger partial charge in [0.15, 0.2) is 6.61 Å². The number of esters is 1. The highest BCUT2D eigenvalue weighted by Gasteiger charge is 2.30. The van der Waals surface area contributed by atoms with Crippen LogP contribution in [0.1, 0.15) is 23.4 Å². The number of carbonyl (C=O) groups is 2. The Kier molecular flexibility index (Phi) is 6.48. The molecule has 29 heavy (non-hydrogen) atoms. The Balaban J connectivity index is 1.38. The predicted octanol–water partition coefficient (Wildman–Crippen LogP) is 4.82. The van der Waals surface area contributed by atoms with Crippen molar-refractivity contribution >= 4 is 39.1 Å². The minimum atomic E-state index is -4.44. The molecule has 0 saturated carbocycles. The third-order valence-electron chi connectivity index (χ3n) is 3.97. The number of aryl methyl sites for hydroxylation is 1. The quantitative estimate of drug-likeness (QED) is 0.555. The molecule has 3 rings (SSSR count). The van der Waals surface area contributed by atoms with Crippen LogP contribution in [0.4, 0.5) is 18.9 Å². The molecular weight excluding hydrogens is 405 g/mol. The summed E-state index contributed by atoms with van der Waals surface area (Å²) in [5, 5.41) is 3.31. The summed E-state index contributed by atoms with van der Waals surface area (Å²) < 4.78 is 43.5. The number of aromatic nitrogens is 1. The van der Waals surface area contributed by atoms with Gasteiger partial charge in [0, 0.05) is 12.1 Å². The Morgan fingerprint density at radius 2 is 1.79 bits per heavy atom. The number of benzene rings is 2. The van der Waals surface area contributed by atoms with Crippen LogP contribution in [0.25, 0.3) is 10.2 Å². The maximum absolute atomic E-state index is 12.5. The predicted molar refractivity (Wildman–Crippen MR) is 104 cm³/mol. The number of para-hydroxylation sites is 1. The summed E-state index contributed by atoms with van der Waals surface area (Å²) in [6.07, 6.45) is -3.13. The van der Waals surface area contributed by atoms with Crippen molar-refractivity contribution in [1.82, 2.24) is 4.98 Å². The van der Waals surface area contributed by atoms with E-state index < -0.39 is 30.2 Å². The number of ether oxygens (including phenoxy) is 1. The number of rotatable bonds is 7. The average molecular weight is 422 g/mol.